The van der Waals surface area contributed by atoms with Gasteiger partial charge in [-0.3, -0.25) is 4.79 Å². The Balaban J connectivity index is 2.31. The molecule has 0 N–H and O–H groups in total. The molecule has 0 radical (unpaired) electrons. The van der Waals surface area contributed by atoms with Crippen molar-refractivity contribution in [2.45, 2.75) is 51.4 Å². The van der Waals surface area contributed by atoms with Crippen LogP contribution in [0.15, 0.2) is 4.99 Å². The first-order valence-corrected chi connectivity index (χ1v) is 5.40. The molecule has 0 unspecified atom stereocenters. The predicted molar refractivity (Wildman–Crippen MR) is 55.0 cm³/mol. The topological polar surface area (TPSA) is 29.4 Å². The van der Waals surface area contributed by atoms with E-state index in [9.17, 15) is 4.79 Å². The number of rotatable bonds is 2. The summed E-state index contributed by atoms with van der Waals surface area (Å²) in [5.41, 5.74) is 0. The van der Waals surface area contributed by atoms with Crippen molar-refractivity contribution < 1.29 is 4.79 Å². The largest absolute Gasteiger partial charge is 0.276 e. The Hall–Kier alpha value is -0.660. The molecule has 0 atom stereocenters. The van der Waals surface area contributed by atoms with Crippen molar-refractivity contribution in [3.8, 4) is 0 Å². The summed E-state index contributed by atoms with van der Waals surface area (Å²) in [5.74, 6) is 0.559. The molecule has 0 aliphatic heterocycles. The van der Waals surface area contributed by atoms with E-state index in [0.717, 1.165) is 0 Å². The Morgan fingerprint density at radius 2 is 1.46 bits per heavy atom. The summed E-state index contributed by atoms with van der Waals surface area (Å²) in [4.78, 5) is 13.8. The molecule has 2 nitrogen and oxygen atoms in total. The van der Waals surface area contributed by atoms with Crippen LogP contribution in [0, 0.1) is 5.92 Å². The van der Waals surface area contributed by atoms with Gasteiger partial charge in [0.25, 0.3) is 0 Å². The zero-order valence-electron chi connectivity index (χ0n) is 8.24. The number of amides is 1. The molecular weight excluding hydrogens is 162 g/mol. The molecule has 1 amide bonds. The lowest BCUT2D eigenvalue weighted by atomic mass is 9.98. The Kier molecular flexibility index (Phi) is 5.46. The maximum atomic E-state index is 10.1. The number of carbonyl (C=O) groups is 1. The second-order valence-electron chi connectivity index (χ2n) is 3.86. The fraction of sp³-hybridized carbons (Fsp3) is 0.818. The lowest BCUT2D eigenvalue weighted by molar-refractivity contribution is -0.106. The minimum absolute atomic E-state index is 0.559. The Labute approximate surface area is 80.4 Å². The first kappa shape index (κ1) is 10.4. The molecule has 1 aliphatic carbocycles. The molecule has 13 heavy (non-hydrogen) atoms. The van der Waals surface area contributed by atoms with Gasteiger partial charge in [0.15, 0.2) is 0 Å². The molecule has 1 aliphatic rings. The molecule has 0 bridgehead atoms. The summed E-state index contributed by atoms with van der Waals surface area (Å²) in [5, 5.41) is 0. The normalized spacial score (nSPS) is 22.2. The third-order valence-electron chi connectivity index (χ3n) is 2.76. The Bertz CT molecular complexity index is 155. The molecular formula is C11H19NO. The highest BCUT2D eigenvalue weighted by molar-refractivity contribution is 5.71. The van der Waals surface area contributed by atoms with E-state index in [4.69, 9.17) is 0 Å². The Morgan fingerprint density at radius 1 is 0.923 bits per heavy atom. The van der Waals surface area contributed by atoms with Crippen LogP contribution in [0.5, 0.6) is 0 Å². The maximum absolute atomic E-state index is 10.1. The molecule has 0 saturated heterocycles. The van der Waals surface area contributed by atoms with Crippen molar-refractivity contribution in [1.29, 1.82) is 0 Å². The van der Waals surface area contributed by atoms with Gasteiger partial charge in [-0.05, 0) is 18.8 Å². The maximum Gasteiger partial charge on any atom is 0.232 e. The van der Waals surface area contributed by atoms with Crippen LogP contribution < -0.4 is 0 Å². The van der Waals surface area contributed by atoms with Crippen molar-refractivity contribution in [3.63, 3.8) is 0 Å². The van der Waals surface area contributed by atoms with Crippen molar-refractivity contribution >= 4 is 12.6 Å². The van der Waals surface area contributed by atoms with E-state index < -0.39 is 0 Å². The Morgan fingerprint density at radius 3 is 2.00 bits per heavy atom. The highest BCUT2D eigenvalue weighted by atomic mass is 16.1. The van der Waals surface area contributed by atoms with Crippen molar-refractivity contribution in [3.05, 3.63) is 0 Å². The molecule has 0 aromatic rings. The minimum Gasteiger partial charge on any atom is -0.276 e. The molecule has 1 saturated carbocycles. The second-order valence-corrected chi connectivity index (χ2v) is 3.86. The SMILES string of the molecule is O=C/N=C/C1CCCCCCCC1. The van der Waals surface area contributed by atoms with E-state index in [0.29, 0.717) is 12.3 Å². The molecule has 0 spiro atoms. The third-order valence-corrected chi connectivity index (χ3v) is 2.76. The summed E-state index contributed by atoms with van der Waals surface area (Å²) in [7, 11) is 0. The minimum atomic E-state index is 0.559. The average molecular weight is 181 g/mol. The molecule has 1 rings (SSSR count). The van der Waals surface area contributed by atoms with Crippen LogP contribution in [0.4, 0.5) is 0 Å². The highest BCUT2D eigenvalue weighted by Gasteiger charge is 2.07. The van der Waals surface area contributed by atoms with E-state index in [-0.39, 0.29) is 0 Å². The molecule has 1 fully saturated rings. The van der Waals surface area contributed by atoms with Crippen molar-refractivity contribution in [2.24, 2.45) is 10.9 Å². The summed E-state index contributed by atoms with van der Waals surface area (Å²) in [6.07, 6.45) is 13.0. The van der Waals surface area contributed by atoms with Crippen LogP contribution >= 0.6 is 0 Å². The van der Waals surface area contributed by atoms with Gasteiger partial charge in [-0.1, -0.05) is 38.5 Å². The van der Waals surface area contributed by atoms with Crippen molar-refractivity contribution in [1.82, 2.24) is 0 Å². The smallest absolute Gasteiger partial charge is 0.232 e. The third kappa shape index (κ3) is 4.81. The zero-order valence-corrected chi connectivity index (χ0v) is 8.24. The van der Waals surface area contributed by atoms with Crippen LogP contribution in [0.25, 0.3) is 0 Å². The zero-order chi connectivity index (χ0) is 9.36. The van der Waals surface area contributed by atoms with Gasteiger partial charge in [-0.2, -0.15) is 0 Å². The predicted octanol–water partition coefficient (Wildman–Crippen LogP) is 2.96. The van der Waals surface area contributed by atoms with E-state index in [1.165, 1.54) is 51.4 Å². The van der Waals surface area contributed by atoms with Crippen LogP contribution in [0.2, 0.25) is 0 Å². The first-order chi connectivity index (χ1) is 6.43. The molecule has 2 heteroatoms. The van der Waals surface area contributed by atoms with Crippen LogP contribution in [-0.4, -0.2) is 12.6 Å². The summed E-state index contributed by atoms with van der Waals surface area (Å²) < 4.78 is 0. The summed E-state index contributed by atoms with van der Waals surface area (Å²) >= 11 is 0. The van der Waals surface area contributed by atoms with E-state index in [2.05, 4.69) is 4.99 Å². The molecule has 0 heterocycles. The van der Waals surface area contributed by atoms with Gasteiger partial charge < -0.3 is 0 Å². The van der Waals surface area contributed by atoms with E-state index in [1.807, 2.05) is 6.21 Å². The number of nitrogens with zero attached hydrogens (tertiary/aromatic N) is 1. The van der Waals surface area contributed by atoms with Gasteiger partial charge in [0.1, 0.15) is 0 Å². The van der Waals surface area contributed by atoms with E-state index in [1.54, 1.807) is 0 Å². The van der Waals surface area contributed by atoms with Crippen LogP contribution in [0.3, 0.4) is 0 Å². The van der Waals surface area contributed by atoms with Gasteiger partial charge in [0.2, 0.25) is 6.41 Å². The number of carbonyl (C=O) groups excluding carboxylic acids is 1. The molecule has 0 aromatic carbocycles. The van der Waals surface area contributed by atoms with Gasteiger partial charge in [-0.15, -0.1) is 0 Å². The lowest BCUT2D eigenvalue weighted by Crippen LogP contribution is -2.01. The number of aliphatic imine (C=N–C) groups is 1. The van der Waals surface area contributed by atoms with Crippen LogP contribution in [-0.2, 0) is 4.79 Å². The summed E-state index contributed by atoms with van der Waals surface area (Å²) in [6, 6.07) is 0. The lowest BCUT2D eigenvalue weighted by Gasteiger charge is -2.08. The average Bonchev–Trinajstić information content (AvgIpc) is 2.28. The molecule has 0 aromatic heterocycles. The van der Waals surface area contributed by atoms with Gasteiger partial charge in [-0.25, -0.2) is 4.99 Å². The quantitative estimate of drug-likeness (QED) is 0.475. The van der Waals surface area contributed by atoms with E-state index >= 15 is 0 Å². The number of hydrogen-bond acceptors (Lipinski definition) is 1. The first-order valence-electron chi connectivity index (χ1n) is 5.40. The molecule has 74 valence electrons. The van der Waals surface area contributed by atoms with Crippen LogP contribution in [0.1, 0.15) is 51.4 Å². The standard InChI is InChI=1S/C11H19NO/c13-10-12-9-11-7-5-3-1-2-4-6-8-11/h9-11H,1-8H2/b12-9+. The monoisotopic (exact) mass is 181 g/mol. The van der Waals surface area contributed by atoms with Gasteiger partial charge >= 0.3 is 0 Å². The summed E-state index contributed by atoms with van der Waals surface area (Å²) in [6.45, 7) is 0. The van der Waals surface area contributed by atoms with Gasteiger partial charge in [0, 0.05) is 6.21 Å². The van der Waals surface area contributed by atoms with Gasteiger partial charge in [0.05, 0.1) is 0 Å². The fourth-order valence-electron chi connectivity index (χ4n) is 1.97. The second kappa shape index (κ2) is 6.81. The number of hydrogen-bond donors (Lipinski definition) is 0. The fourth-order valence-corrected chi connectivity index (χ4v) is 1.97. The van der Waals surface area contributed by atoms with Crippen molar-refractivity contribution in [2.75, 3.05) is 0 Å². The highest BCUT2D eigenvalue weighted by Crippen LogP contribution is 2.20.